The van der Waals surface area contributed by atoms with Crippen LogP contribution in [0.15, 0.2) is 27.4 Å². The Kier molecular flexibility index (Phi) is 8.29. The van der Waals surface area contributed by atoms with Crippen LogP contribution in [0.3, 0.4) is 0 Å². The number of carbonyl (C=O) groups is 2. The highest BCUT2D eigenvalue weighted by molar-refractivity contribution is 5.92. The zero-order valence-electron chi connectivity index (χ0n) is 21.6. The fourth-order valence-corrected chi connectivity index (χ4v) is 5.14. The molecule has 192 valence electrons. The van der Waals surface area contributed by atoms with E-state index in [2.05, 4.69) is 42.5 Å². The monoisotopic (exact) mass is 484 g/mol. The Labute approximate surface area is 208 Å². The molecule has 3 fully saturated rings. The van der Waals surface area contributed by atoms with Gasteiger partial charge in [0.15, 0.2) is 11.4 Å². The Bertz CT molecular complexity index is 948. The van der Waals surface area contributed by atoms with Gasteiger partial charge in [-0.3, -0.25) is 9.59 Å². The zero-order chi connectivity index (χ0) is 24.9. The Morgan fingerprint density at radius 2 is 1.31 bits per heavy atom. The Hall–Kier alpha value is -2.64. The van der Waals surface area contributed by atoms with Crippen molar-refractivity contribution >= 4 is 11.8 Å². The van der Waals surface area contributed by atoms with Gasteiger partial charge in [-0.1, -0.05) is 38.0 Å². The topological polar surface area (TPSA) is 92.7 Å². The number of nitrogens with zero attached hydrogens (tertiary/aromatic N) is 4. The molecule has 4 heterocycles. The maximum absolute atomic E-state index is 12.3. The van der Waals surface area contributed by atoms with Gasteiger partial charge in [0.1, 0.15) is 12.0 Å². The van der Waals surface area contributed by atoms with Crippen LogP contribution < -0.4 is 0 Å². The summed E-state index contributed by atoms with van der Waals surface area (Å²) >= 11 is 0. The molecule has 5 rings (SSSR count). The van der Waals surface area contributed by atoms with Crippen molar-refractivity contribution in [2.75, 3.05) is 26.2 Å². The second-order valence-electron chi connectivity index (χ2n) is 11.0. The molecule has 0 atom stereocenters. The molecule has 2 amide bonds. The Morgan fingerprint density at radius 3 is 1.74 bits per heavy atom. The van der Waals surface area contributed by atoms with Gasteiger partial charge in [-0.2, -0.15) is 0 Å². The molecule has 2 aromatic heterocycles. The number of aromatic nitrogens is 2. The van der Waals surface area contributed by atoms with Crippen LogP contribution in [0.2, 0.25) is 0 Å². The average molecular weight is 485 g/mol. The standard InChI is InChI=1S/C15H22N2O2.C12H18N2O2/c1-10(2)11-5-7-17(8-6-11)15(18)13-9-14(19-16-13)12-3-4-12;1-9(2)10-3-6-14(7-4-10)12(15)11-5-8-16-13-11/h9-12H,3-8H2,1-2H3;5,8-10H,3-4,6-7H2,1-2H3. The second-order valence-corrected chi connectivity index (χ2v) is 11.0. The van der Waals surface area contributed by atoms with E-state index in [1.165, 1.54) is 19.1 Å². The summed E-state index contributed by atoms with van der Waals surface area (Å²) in [6.07, 6.45) is 8.19. The smallest absolute Gasteiger partial charge is 0.276 e. The molecule has 2 saturated heterocycles. The lowest BCUT2D eigenvalue weighted by molar-refractivity contribution is 0.0650. The van der Waals surface area contributed by atoms with E-state index in [1.807, 2.05) is 15.9 Å². The molecular weight excluding hydrogens is 444 g/mol. The normalized spacial score (nSPS) is 19.7. The molecule has 2 aromatic rings. The molecule has 0 radical (unpaired) electrons. The maximum Gasteiger partial charge on any atom is 0.276 e. The molecule has 8 heteroatoms. The fraction of sp³-hybridized carbons (Fsp3) is 0.704. The van der Waals surface area contributed by atoms with Crippen molar-refractivity contribution in [3.05, 3.63) is 35.5 Å². The largest absolute Gasteiger partial charge is 0.364 e. The molecule has 0 spiro atoms. The second kappa shape index (κ2) is 11.4. The van der Waals surface area contributed by atoms with E-state index in [1.54, 1.807) is 6.07 Å². The minimum Gasteiger partial charge on any atom is -0.364 e. The third-order valence-electron chi connectivity index (χ3n) is 7.92. The molecule has 0 aromatic carbocycles. The van der Waals surface area contributed by atoms with Crippen molar-refractivity contribution in [1.82, 2.24) is 20.1 Å². The first-order valence-electron chi connectivity index (χ1n) is 13.3. The molecule has 35 heavy (non-hydrogen) atoms. The lowest BCUT2D eigenvalue weighted by Crippen LogP contribution is -2.39. The third-order valence-corrected chi connectivity index (χ3v) is 7.92. The molecule has 1 aliphatic carbocycles. The van der Waals surface area contributed by atoms with Crippen LogP contribution in [0.5, 0.6) is 0 Å². The van der Waals surface area contributed by atoms with Gasteiger partial charge in [0.05, 0.1) is 0 Å². The van der Waals surface area contributed by atoms with Crippen LogP contribution in [-0.2, 0) is 0 Å². The highest BCUT2D eigenvalue weighted by Crippen LogP contribution is 2.40. The summed E-state index contributed by atoms with van der Waals surface area (Å²) in [5.74, 6) is 4.37. The minimum absolute atomic E-state index is 0.00374. The van der Waals surface area contributed by atoms with Gasteiger partial charge in [0.25, 0.3) is 11.8 Å². The van der Waals surface area contributed by atoms with Crippen molar-refractivity contribution < 1.29 is 18.6 Å². The van der Waals surface area contributed by atoms with Gasteiger partial charge in [-0.15, -0.1) is 0 Å². The minimum atomic E-state index is -0.00374. The molecule has 0 N–H and O–H groups in total. The van der Waals surface area contributed by atoms with Gasteiger partial charge >= 0.3 is 0 Å². The lowest BCUT2D eigenvalue weighted by atomic mass is 9.86. The third kappa shape index (κ3) is 6.53. The lowest BCUT2D eigenvalue weighted by Gasteiger charge is -2.33. The van der Waals surface area contributed by atoms with E-state index < -0.39 is 0 Å². The summed E-state index contributed by atoms with van der Waals surface area (Å²) in [7, 11) is 0. The van der Waals surface area contributed by atoms with Crippen molar-refractivity contribution in [1.29, 1.82) is 0 Å². The number of amides is 2. The van der Waals surface area contributed by atoms with Crippen molar-refractivity contribution in [2.45, 2.75) is 72.1 Å². The number of hydrogen-bond donors (Lipinski definition) is 0. The van der Waals surface area contributed by atoms with Crippen LogP contribution in [0.4, 0.5) is 0 Å². The quantitative estimate of drug-likeness (QED) is 0.576. The summed E-state index contributed by atoms with van der Waals surface area (Å²) in [5, 5.41) is 7.62. The maximum atomic E-state index is 12.3. The van der Waals surface area contributed by atoms with Crippen LogP contribution >= 0.6 is 0 Å². The SMILES string of the molecule is CC(C)C1CCN(C(=O)c2cc(C3CC3)on2)CC1.CC(C)C1CCN(C(=O)c2ccon2)CC1. The molecule has 0 unspecified atom stereocenters. The van der Waals surface area contributed by atoms with E-state index in [9.17, 15) is 9.59 Å². The Morgan fingerprint density at radius 1 is 0.800 bits per heavy atom. The summed E-state index contributed by atoms with van der Waals surface area (Å²) in [6.45, 7) is 12.4. The van der Waals surface area contributed by atoms with E-state index in [-0.39, 0.29) is 11.8 Å². The van der Waals surface area contributed by atoms with E-state index in [0.717, 1.165) is 69.5 Å². The number of carbonyl (C=O) groups excluding carboxylic acids is 2. The summed E-state index contributed by atoms with van der Waals surface area (Å²) < 4.78 is 9.95. The first-order chi connectivity index (χ1) is 16.8. The number of rotatable bonds is 5. The highest BCUT2D eigenvalue weighted by atomic mass is 16.5. The van der Waals surface area contributed by atoms with Crippen LogP contribution in [-0.4, -0.2) is 58.1 Å². The van der Waals surface area contributed by atoms with Gasteiger partial charge in [-0.25, -0.2) is 0 Å². The van der Waals surface area contributed by atoms with E-state index in [4.69, 9.17) is 4.52 Å². The summed E-state index contributed by atoms with van der Waals surface area (Å²) in [4.78, 5) is 28.1. The van der Waals surface area contributed by atoms with Crippen LogP contribution in [0.25, 0.3) is 0 Å². The molecule has 8 nitrogen and oxygen atoms in total. The molecule has 1 saturated carbocycles. The average Bonchev–Trinajstić information content (AvgIpc) is 3.35. The number of likely N-dealkylation sites (tertiary alicyclic amines) is 2. The van der Waals surface area contributed by atoms with Crippen LogP contribution in [0.1, 0.15) is 98.9 Å². The van der Waals surface area contributed by atoms with E-state index >= 15 is 0 Å². The zero-order valence-corrected chi connectivity index (χ0v) is 21.6. The van der Waals surface area contributed by atoms with Gasteiger partial charge in [0, 0.05) is 44.2 Å². The highest BCUT2D eigenvalue weighted by Gasteiger charge is 2.31. The molecule has 3 aliphatic rings. The van der Waals surface area contributed by atoms with Crippen molar-refractivity contribution in [2.24, 2.45) is 23.7 Å². The van der Waals surface area contributed by atoms with Crippen molar-refractivity contribution in [3.63, 3.8) is 0 Å². The first kappa shape index (κ1) is 25.5. The number of hydrogen-bond acceptors (Lipinski definition) is 6. The van der Waals surface area contributed by atoms with Crippen LogP contribution in [0, 0.1) is 23.7 Å². The summed E-state index contributed by atoms with van der Waals surface area (Å²) in [5.41, 5.74) is 0.910. The Balaban J connectivity index is 0.000000168. The molecule has 0 bridgehead atoms. The summed E-state index contributed by atoms with van der Waals surface area (Å²) in [6, 6.07) is 3.46. The van der Waals surface area contributed by atoms with Crippen molar-refractivity contribution in [3.8, 4) is 0 Å². The first-order valence-corrected chi connectivity index (χ1v) is 13.3. The predicted molar refractivity (Wildman–Crippen MR) is 132 cm³/mol. The number of piperidine rings is 2. The molecular formula is C27H40N4O4. The van der Waals surface area contributed by atoms with E-state index in [0.29, 0.717) is 29.1 Å². The molecule has 2 aliphatic heterocycles. The predicted octanol–water partition coefficient (Wildman–Crippen LogP) is 5.24. The van der Waals surface area contributed by atoms with Gasteiger partial charge in [0.2, 0.25) is 0 Å². The fourth-order valence-electron chi connectivity index (χ4n) is 5.14. The van der Waals surface area contributed by atoms with Gasteiger partial charge in [-0.05, 0) is 62.2 Å². The van der Waals surface area contributed by atoms with Gasteiger partial charge < -0.3 is 18.8 Å².